The van der Waals surface area contributed by atoms with Gasteiger partial charge in [0.1, 0.15) is 0 Å². The van der Waals surface area contributed by atoms with Gasteiger partial charge in [0.2, 0.25) is 0 Å². The molecule has 2 aliphatic rings. The van der Waals surface area contributed by atoms with Crippen LogP contribution in [-0.4, -0.2) is 18.3 Å². The second-order valence-corrected chi connectivity index (χ2v) is 7.73. The molecule has 0 bridgehead atoms. The molecule has 0 aromatic rings. The second kappa shape index (κ2) is 7.33. The molecule has 2 rings (SSSR count). The third-order valence-corrected chi connectivity index (χ3v) is 5.38. The fourth-order valence-corrected chi connectivity index (χ4v) is 3.13. The lowest BCUT2D eigenvalue weighted by molar-refractivity contribution is 0.00578. The summed E-state index contributed by atoms with van der Waals surface area (Å²) in [6.45, 7) is 8.57. The van der Waals surface area contributed by atoms with E-state index in [4.69, 9.17) is 9.31 Å². The Morgan fingerprint density at radius 1 is 0.762 bits per heavy atom. The van der Waals surface area contributed by atoms with Crippen molar-refractivity contribution in [3.8, 4) is 0 Å². The summed E-state index contributed by atoms with van der Waals surface area (Å²) in [5.74, 6) is 0. The van der Waals surface area contributed by atoms with Gasteiger partial charge in [-0.2, -0.15) is 0 Å². The van der Waals surface area contributed by atoms with Gasteiger partial charge in [0, 0.05) is 0 Å². The topological polar surface area (TPSA) is 18.5 Å². The van der Waals surface area contributed by atoms with Crippen molar-refractivity contribution in [3.63, 3.8) is 0 Å². The molecule has 0 radical (unpaired) electrons. The fraction of sp³-hybridized carbons (Fsp3) is 0.889. The van der Waals surface area contributed by atoms with Crippen molar-refractivity contribution in [2.45, 2.75) is 103 Å². The zero-order valence-electron chi connectivity index (χ0n) is 14.5. The first-order valence-corrected chi connectivity index (χ1v) is 8.97. The molecule has 1 saturated heterocycles. The van der Waals surface area contributed by atoms with E-state index in [0.29, 0.717) is 0 Å². The van der Waals surface area contributed by atoms with Crippen LogP contribution in [-0.2, 0) is 9.31 Å². The number of allylic oxidation sites excluding steroid dienone is 2. The molecule has 1 aliphatic heterocycles. The second-order valence-electron chi connectivity index (χ2n) is 7.73. The van der Waals surface area contributed by atoms with Gasteiger partial charge in [-0.25, -0.2) is 0 Å². The molecule has 0 saturated carbocycles. The molecule has 1 fully saturated rings. The van der Waals surface area contributed by atoms with Gasteiger partial charge in [0.25, 0.3) is 0 Å². The molecule has 3 heteroatoms. The summed E-state index contributed by atoms with van der Waals surface area (Å²) in [5.41, 5.74) is 0.943. The van der Waals surface area contributed by atoms with Crippen molar-refractivity contribution in [1.29, 1.82) is 0 Å². The van der Waals surface area contributed by atoms with Gasteiger partial charge in [-0.1, -0.05) is 51.0 Å². The molecule has 1 aliphatic carbocycles. The largest absolute Gasteiger partial charge is 0.490 e. The molecule has 0 atom stereocenters. The molecule has 0 spiro atoms. The SMILES string of the molecule is CC1(C)OB(/C2=C/CCCCCCCCCC2)OC1(C)C. The molecular weight excluding hydrogens is 259 g/mol. The molecule has 21 heavy (non-hydrogen) atoms. The quantitative estimate of drug-likeness (QED) is 0.597. The molecule has 0 aromatic carbocycles. The van der Waals surface area contributed by atoms with Gasteiger partial charge in [0.15, 0.2) is 0 Å². The van der Waals surface area contributed by atoms with E-state index < -0.39 is 0 Å². The Balaban J connectivity index is 2.00. The third-order valence-electron chi connectivity index (χ3n) is 5.38. The van der Waals surface area contributed by atoms with Crippen LogP contribution in [0.4, 0.5) is 0 Å². The maximum atomic E-state index is 6.24. The van der Waals surface area contributed by atoms with E-state index in [2.05, 4.69) is 33.8 Å². The molecule has 0 N–H and O–H groups in total. The Kier molecular flexibility index (Phi) is 5.96. The van der Waals surface area contributed by atoms with Crippen molar-refractivity contribution in [2.24, 2.45) is 0 Å². The van der Waals surface area contributed by atoms with Crippen molar-refractivity contribution in [2.75, 3.05) is 0 Å². The molecular formula is C18H33BO2. The fourth-order valence-electron chi connectivity index (χ4n) is 3.13. The molecule has 1 heterocycles. The van der Waals surface area contributed by atoms with E-state index in [0.717, 1.165) is 6.42 Å². The van der Waals surface area contributed by atoms with Gasteiger partial charge in [-0.15, -0.1) is 0 Å². The summed E-state index contributed by atoms with van der Waals surface area (Å²) in [4.78, 5) is 0. The molecule has 120 valence electrons. The summed E-state index contributed by atoms with van der Waals surface area (Å²) in [5, 5.41) is 0. The van der Waals surface area contributed by atoms with Gasteiger partial charge in [0.05, 0.1) is 11.2 Å². The van der Waals surface area contributed by atoms with Crippen molar-refractivity contribution in [3.05, 3.63) is 11.5 Å². The van der Waals surface area contributed by atoms with E-state index in [-0.39, 0.29) is 18.3 Å². The molecule has 2 nitrogen and oxygen atoms in total. The average Bonchev–Trinajstić information content (AvgIpc) is 2.59. The summed E-state index contributed by atoms with van der Waals surface area (Å²) >= 11 is 0. The highest BCUT2D eigenvalue weighted by molar-refractivity contribution is 6.54. The first kappa shape index (κ1) is 17.1. The first-order valence-electron chi connectivity index (χ1n) is 8.97. The van der Waals surface area contributed by atoms with Crippen LogP contribution in [0.3, 0.4) is 0 Å². The highest BCUT2D eigenvalue weighted by Crippen LogP contribution is 2.39. The van der Waals surface area contributed by atoms with Crippen molar-refractivity contribution < 1.29 is 9.31 Å². The number of hydrogen-bond acceptors (Lipinski definition) is 2. The van der Waals surface area contributed by atoms with Crippen LogP contribution in [0, 0.1) is 0 Å². The lowest BCUT2D eigenvalue weighted by atomic mass is 9.74. The van der Waals surface area contributed by atoms with Crippen LogP contribution in [0.5, 0.6) is 0 Å². The number of rotatable bonds is 1. The highest BCUT2D eigenvalue weighted by atomic mass is 16.7. The van der Waals surface area contributed by atoms with E-state index in [1.54, 1.807) is 0 Å². The lowest BCUT2D eigenvalue weighted by Gasteiger charge is -2.32. The van der Waals surface area contributed by atoms with Crippen LogP contribution in [0.2, 0.25) is 0 Å². The predicted molar refractivity (Wildman–Crippen MR) is 90.3 cm³/mol. The summed E-state index contributed by atoms with van der Waals surface area (Å²) in [7, 11) is -0.127. The van der Waals surface area contributed by atoms with E-state index in [1.807, 2.05) is 0 Å². The monoisotopic (exact) mass is 292 g/mol. The summed E-state index contributed by atoms with van der Waals surface area (Å²) < 4.78 is 12.5. The maximum Gasteiger partial charge on any atom is 0.490 e. The van der Waals surface area contributed by atoms with Gasteiger partial charge in [-0.3, -0.25) is 0 Å². The Labute approximate surface area is 131 Å². The van der Waals surface area contributed by atoms with Gasteiger partial charge in [-0.05, 0) is 52.4 Å². The smallest absolute Gasteiger partial charge is 0.400 e. The van der Waals surface area contributed by atoms with Crippen LogP contribution in [0.15, 0.2) is 11.5 Å². The van der Waals surface area contributed by atoms with E-state index in [1.165, 1.54) is 63.3 Å². The summed E-state index contributed by atoms with van der Waals surface area (Å²) in [6.07, 6.45) is 15.6. The Bertz CT molecular complexity index is 344. The zero-order chi connectivity index (χ0) is 15.3. The third kappa shape index (κ3) is 4.59. The highest BCUT2D eigenvalue weighted by Gasteiger charge is 2.52. The standard InChI is InChI=1S/C18H33BO2/c1-17(2)18(3,4)21-19(20-17)16-14-12-10-8-6-5-7-9-11-13-15-16/h14H,5-13,15H2,1-4H3/b16-14+. The molecule has 0 aromatic heterocycles. The van der Waals surface area contributed by atoms with Gasteiger partial charge >= 0.3 is 7.12 Å². The van der Waals surface area contributed by atoms with Gasteiger partial charge < -0.3 is 9.31 Å². The normalized spacial score (nSPS) is 30.1. The van der Waals surface area contributed by atoms with Crippen LogP contribution < -0.4 is 0 Å². The zero-order valence-corrected chi connectivity index (χ0v) is 14.5. The Morgan fingerprint density at radius 3 is 1.81 bits per heavy atom. The van der Waals surface area contributed by atoms with Crippen molar-refractivity contribution >= 4 is 7.12 Å². The molecule has 0 unspecified atom stereocenters. The predicted octanol–water partition coefficient (Wildman–Crippen LogP) is 5.46. The Morgan fingerprint density at radius 2 is 1.24 bits per heavy atom. The minimum Gasteiger partial charge on any atom is -0.400 e. The first-order chi connectivity index (χ1) is 9.92. The lowest BCUT2D eigenvalue weighted by Crippen LogP contribution is -2.41. The minimum atomic E-state index is -0.220. The van der Waals surface area contributed by atoms with Crippen LogP contribution in [0.25, 0.3) is 0 Å². The van der Waals surface area contributed by atoms with Crippen LogP contribution >= 0.6 is 0 Å². The maximum absolute atomic E-state index is 6.24. The van der Waals surface area contributed by atoms with E-state index >= 15 is 0 Å². The Hall–Kier alpha value is -0.275. The van der Waals surface area contributed by atoms with Crippen molar-refractivity contribution in [1.82, 2.24) is 0 Å². The minimum absolute atomic E-state index is 0.127. The summed E-state index contributed by atoms with van der Waals surface area (Å²) in [6, 6.07) is 0. The number of hydrogen-bond donors (Lipinski definition) is 0. The average molecular weight is 292 g/mol. The molecule has 0 amide bonds. The van der Waals surface area contributed by atoms with E-state index in [9.17, 15) is 0 Å². The van der Waals surface area contributed by atoms with Crippen LogP contribution in [0.1, 0.15) is 91.9 Å².